The molecule has 2 aliphatic carbocycles. The zero-order valence-electron chi connectivity index (χ0n) is 8.74. The van der Waals surface area contributed by atoms with Crippen LogP contribution in [0.2, 0.25) is 0 Å². The van der Waals surface area contributed by atoms with Gasteiger partial charge in [0.25, 0.3) is 0 Å². The molecule has 3 aliphatic rings. The van der Waals surface area contributed by atoms with Gasteiger partial charge in [0.1, 0.15) is 0 Å². The first kappa shape index (κ1) is 8.25. The van der Waals surface area contributed by atoms with E-state index in [1.54, 1.807) is 0 Å². The van der Waals surface area contributed by atoms with Gasteiger partial charge in [-0.25, -0.2) is 0 Å². The molecule has 2 saturated carbocycles. The second-order valence-corrected chi connectivity index (χ2v) is 5.41. The lowest BCUT2D eigenvalue weighted by atomic mass is 9.85. The molecule has 1 aliphatic heterocycles. The summed E-state index contributed by atoms with van der Waals surface area (Å²) in [5, 5.41) is 0. The van der Waals surface area contributed by atoms with E-state index in [-0.39, 0.29) is 0 Å². The molecule has 1 saturated heterocycles. The molecule has 4 atom stereocenters. The summed E-state index contributed by atoms with van der Waals surface area (Å²) < 4.78 is 0. The maximum Gasteiger partial charge on any atom is 0.0530 e. The third kappa shape index (κ3) is 1.08. The molecule has 3 fully saturated rings. The zero-order chi connectivity index (χ0) is 9.00. The Morgan fingerprint density at radius 2 is 1.77 bits per heavy atom. The molecular formula is C11H20N2. The molecule has 0 N–H and O–H groups in total. The summed E-state index contributed by atoms with van der Waals surface area (Å²) in [5.74, 6) is 3.10. The molecule has 0 aromatic rings. The van der Waals surface area contributed by atoms with Crippen LogP contribution in [-0.4, -0.2) is 36.2 Å². The molecule has 13 heavy (non-hydrogen) atoms. The van der Waals surface area contributed by atoms with Gasteiger partial charge >= 0.3 is 0 Å². The lowest BCUT2D eigenvalue weighted by molar-refractivity contribution is -0.0715. The Hall–Kier alpha value is -0.0800. The first-order valence-electron chi connectivity index (χ1n) is 5.68. The van der Waals surface area contributed by atoms with E-state index in [1.165, 1.54) is 32.6 Å². The van der Waals surface area contributed by atoms with Gasteiger partial charge in [-0.15, -0.1) is 0 Å². The summed E-state index contributed by atoms with van der Waals surface area (Å²) >= 11 is 0. The van der Waals surface area contributed by atoms with Crippen LogP contribution in [-0.2, 0) is 0 Å². The third-order valence-electron chi connectivity index (χ3n) is 4.55. The summed E-state index contributed by atoms with van der Waals surface area (Å²) in [6.45, 7) is 4.92. The van der Waals surface area contributed by atoms with Crippen molar-refractivity contribution in [1.82, 2.24) is 9.80 Å². The van der Waals surface area contributed by atoms with Crippen LogP contribution in [0.1, 0.15) is 26.2 Å². The number of fused-ring (bicyclic) bond motifs is 2. The van der Waals surface area contributed by atoms with Crippen molar-refractivity contribution in [2.45, 2.75) is 32.2 Å². The van der Waals surface area contributed by atoms with Gasteiger partial charge in [-0.1, -0.05) is 6.92 Å². The minimum atomic E-state index is 0.940. The van der Waals surface area contributed by atoms with Gasteiger partial charge in [0.15, 0.2) is 0 Å². The molecule has 0 amide bonds. The first-order valence-corrected chi connectivity index (χ1v) is 5.68. The molecule has 2 nitrogen and oxygen atoms in total. The normalized spacial score (nSPS) is 51.2. The Bertz CT molecular complexity index is 208. The minimum absolute atomic E-state index is 0.940. The molecule has 4 unspecified atom stereocenters. The van der Waals surface area contributed by atoms with Gasteiger partial charge < -0.3 is 0 Å². The molecule has 2 bridgehead atoms. The van der Waals surface area contributed by atoms with Gasteiger partial charge in [-0.3, -0.25) is 9.80 Å². The van der Waals surface area contributed by atoms with Crippen LogP contribution in [0.4, 0.5) is 0 Å². The quantitative estimate of drug-likeness (QED) is 0.604. The maximum atomic E-state index is 2.69. The Morgan fingerprint density at radius 3 is 2.31 bits per heavy atom. The first-order chi connectivity index (χ1) is 6.25. The SMILES string of the molecule is CC1C2CCC(C2)C1N1CN(C)C1. The average molecular weight is 180 g/mol. The van der Waals surface area contributed by atoms with Crippen molar-refractivity contribution in [3.05, 3.63) is 0 Å². The monoisotopic (exact) mass is 180 g/mol. The van der Waals surface area contributed by atoms with E-state index in [1.807, 2.05) is 0 Å². The molecule has 3 rings (SSSR count). The summed E-state index contributed by atoms with van der Waals surface area (Å²) in [4.78, 5) is 5.09. The standard InChI is InChI=1S/C11H20N2/c1-8-9-3-4-10(5-9)11(8)13-6-12(2)7-13/h8-11H,3-7H2,1-2H3. The Labute approximate surface area is 80.9 Å². The van der Waals surface area contributed by atoms with Crippen LogP contribution in [0, 0.1) is 17.8 Å². The van der Waals surface area contributed by atoms with Gasteiger partial charge in [-0.05, 0) is 44.1 Å². The fourth-order valence-corrected chi connectivity index (χ4v) is 3.95. The second kappa shape index (κ2) is 2.71. The molecular weight excluding hydrogens is 160 g/mol. The van der Waals surface area contributed by atoms with Crippen LogP contribution in [0.15, 0.2) is 0 Å². The van der Waals surface area contributed by atoms with Crippen molar-refractivity contribution in [2.75, 3.05) is 20.4 Å². The zero-order valence-corrected chi connectivity index (χ0v) is 8.74. The van der Waals surface area contributed by atoms with E-state index >= 15 is 0 Å². The number of nitrogens with zero attached hydrogens (tertiary/aromatic N) is 2. The number of hydrogen-bond acceptors (Lipinski definition) is 2. The van der Waals surface area contributed by atoms with Crippen LogP contribution in [0.3, 0.4) is 0 Å². The summed E-state index contributed by atoms with van der Waals surface area (Å²) in [6, 6.07) is 0.940. The smallest absolute Gasteiger partial charge is 0.0530 e. The summed E-state index contributed by atoms with van der Waals surface area (Å²) in [5.41, 5.74) is 0. The lowest BCUT2D eigenvalue weighted by Crippen LogP contribution is -2.60. The van der Waals surface area contributed by atoms with Crippen molar-refractivity contribution in [3.63, 3.8) is 0 Å². The average Bonchev–Trinajstić information content (AvgIpc) is 2.59. The maximum absolute atomic E-state index is 2.69. The molecule has 2 heteroatoms. The Morgan fingerprint density at radius 1 is 1.08 bits per heavy atom. The van der Waals surface area contributed by atoms with Crippen LogP contribution >= 0.6 is 0 Å². The topological polar surface area (TPSA) is 6.48 Å². The fourth-order valence-electron chi connectivity index (χ4n) is 3.95. The molecule has 1 heterocycles. The summed E-state index contributed by atoms with van der Waals surface area (Å²) in [7, 11) is 2.22. The predicted octanol–water partition coefficient (Wildman–Crippen LogP) is 1.58. The Kier molecular flexibility index (Phi) is 1.72. The van der Waals surface area contributed by atoms with E-state index in [0.29, 0.717) is 0 Å². The van der Waals surface area contributed by atoms with E-state index in [4.69, 9.17) is 0 Å². The highest BCUT2D eigenvalue weighted by Gasteiger charge is 2.49. The second-order valence-electron chi connectivity index (χ2n) is 5.41. The van der Waals surface area contributed by atoms with E-state index in [9.17, 15) is 0 Å². The van der Waals surface area contributed by atoms with Crippen molar-refractivity contribution in [3.8, 4) is 0 Å². The number of rotatable bonds is 1. The highest BCUT2D eigenvalue weighted by molar-refractivity contribution is 5.00. The minimum Gasteiger partial charge on any atom is -0.280 e. The van der Waals surface area contributed by atoms with Crippen LogP contribution < -0.4 is 0 Å². The predicted molar refractivity (Wildman–Crippen MR) is 53.1 cm³/mol. The van der Waals surface area contributed by atoms with E-state index in [2.05, 4.69) is 23.8 Å². The molecule has 0 aromatic heterocycles. The highest BCUT2D eigenvalue weighted by Crippen LogP contribution is 2.50. The molecule has 0 spiro atoms. The van der Waals surface area contributed by atoms with Gasteiger partial charge in [0.05, 0.1) is 13.3 Å². The third-order valence-corrected chi connectivity index (χ3v) is 4.55. The van der Waals surface area contributed by atoms with Gasteiger partial charge in [0, 0.05) is 6.04 Å². The Balaban J connectivity index is 1.71. The largest absolute Gasteiger partial charge is 0.280 e. The van der Waals surface area contributed by atoms with Crippen molar-refractivity contribution >= 4 is 0 Å². The van der Waals surface area contributed by atoms with Crippen molar-refractivity contribution in [2.24, 2.45) is 17.8 Å². The van der Waals surface area contributed by atoms with Crippen molar-refractivity contribution < 1.29 is 0 Å². The van der Waals surface area contributed by atoms with Crippen LogP contribution in [0.25, 0.3) is 0 Å². The summed E-state index contributed by atoms with van der Waals surface area (Å²) in [6.07, 6.45) is 4.57. The van der Waals surface area contributed by atoms with E-state index < -0.39 is 0 Å². The van der Waals surface area contributed by atoms with Gasteiger partial charge in [-0.2, -0.15) is 0 Å². The molecule has 74 valence electrons. The van der Waals surface area contributed by atoms with Crippen LogP contribution in [0.5, 0.6) is 0 Å². The van der Waals surface area contributed by atoms with Gasteiger partial charge in [0.2, 0.25) is 0 Å². The lowest BCUT2D eigenvalue weighted by Gasteiger charge is -2.48. The highest BCUT2D eigenvalue weighted by atomic mass is 15.5. The van der Waals surface area contributed by atoms with E-state index in [0.717, 1.165) is 23.8 Å². The number of hydrogen-bond donors (Lipinski definition) is 0. The fraction of sp³-hybridized carbons (Fsp3) is 1.00. The molecule has 0 radical (unpaired) electrons. The molecule has 0 aromatic carbocycles. The van der Waals surface area contributed by atoms with Crippen molar-refractivity contribution in [1.29, 1.82) is 0 Å².